The molecule has 6 heteroatoms. The van der Waals surface area contributed by atoms with E-state index in [4.69, 9.17) is 11.0 Å². The maximum atomic E-state index is 10.7. The second-order valence-electron chi connectivity index (χ2n) is 4.75. The zero-order valence-electron chi connectivity index (χ0n) is 11.2. The first-order valence-electron chi connectivity index (χ1n) is 6.11. The Balaban J connectivity index is 3.01. The van der Waals surface area contributed by atoms with Crippen molar-refractivity contribution in [3.8, 4) is 6.07 Å². The first-order chi connectivity index (χ1) is 8.95. The molecule has 0 aliphatic heterocycles. The van der Waals surface area contributed by atoms with E-state index in [0.29, 0.717) is 24.6 Å². The van der Waals surface area contributed by atoms with Gasteiger partial charge in [-0.25, -0.2) is 0 Å². The van der Waals surface area contributed by atoms with Crippen LogP contribution in [0.5, 0.6) is 0 Å². The molecule has 0 saturated heterocycles. The van der Waals surface area contributed by atoms with E-state index in [1.165, 1.54) is 12.1 Å². The lowest BCUT2D eigenvalue weighted by Gasteiger charge is -2.26. The monoisotopic (exact) mass is 262 g/mol. The van der Waals surface area contributed by atoms with Crippen LogP contribution in [0.3, 0.4) is 0 Å². The van der Waals surface area contributed by atoms with Crippen molar-refractivity contribution >= 4 is 17.1 Å². The molecular formula is C13H18N4O2. The number of non-ortho nitro benzene ring substituents is 1. The molecule has 0 saturated carbocycles. The Morgan fingerprint density at radius 1 is 1.53 bits per heavy atom. The number of nitrogen functional groups attached to an aromatic ring is 1. The topological polar surface area (TPSA) is 96.2 Å². The van der Waals surface area contributed by atoms with E-state index in [0.717, 1.165) is 12.2 Å². The lowest BCUT2D eigenvalue weighted by molar-refractivity contribution is -0.384. The van der Waals surface area contributed by atoms with E-state index in [2.05, 4.69) is 19.9 Å². The maximum absolute atomic E-state index is 10.7. The number of nitro benzene ring substituents is 1. The van der Waals surface area contributed by atoms with Gasteiger partial charge in [-0.05, 0) is 12.0 Å². The highest BCUT2D eigenvalue weighted by atomic mass is 16.6. The Kier molecular flexibility index (Phi) is 5.12. The molecule has 0 aliphatic rings. The zero-order chi connectivity index (χ0) is 14.4. The molecule has 0 spiro atoms. The predicted octanol–water partition coefficient (Wildman–Crippen LogP) is 2.55. The van der Waals surface area contributed by atoms with Crippen molar-refractivity contribution in [1.29, 1.82) is 5.26 Å². The number of benzene rings is 1. The van der Waals surface area contributed by atoms with E-state index < -0.39 is 4.92 Å². The molecule has 0 bridgehead atoms. The fourth-order valence-corrected chi connectivity index (χ4v) is 1.88. The summed E-state index contributed by atoms with van der Waals surface area (Å²) in [7, 11) is 0. The van der Waals surface area contributed by atoms with Crippen molar-refractivity contribution in [3.63, 3.8) is 0 Å². The summed E-state index contributed by atoms with van der Waals surface area (Å²) in [6.45, 7) is 5.46. The van der Waals surface area contributed by atoms with E-state index in [-0.39, 0.29) is 5.69 Å². The summed E-state index contributed by atoms with van der Waals surface area (Å²) in [5.41, 5.74) is 6.97. The van der Waals surface area contributed by atoms with Crippen molar-refractivity contribution in [3.05, 3.63) is 28.3 Å². The summed E-state index contributed by atoms with van der Waals surface area (Å²) in [4.78, 5) is 12.2. The molecule has 2 N–H and O–H groups in total. The molecule has 0 amide bonds. The first-order valence-corrected chi connectivity index (χ1v) is 6.11. The van der Waals surface area contributed by atoms with Crippen LogP contribution < -0.4 is 10.6 Å². The van der Waals surface area contributed by atoms with Crippen LogP contribution in [0.25, 0.3) is 0 Å². The van der Waals surface area contributed by atoms with Gasteiger partial charge in [0.05, 0.1) is 28.8 Å². The molecule has 1 rings (SSSR count). The van der Waals surface area contributed by atoms with Gasteiger partial charge in [-0.3, -0.25) is 10.1 Å². The van der Waals surface area contributed by atoms with Gasteiger partial charge in [-0.2, -0.15) is 5.26 Å². The van der Waals surface area contributed by atoms with Crippen LogP contribution in [-0.4, -0.2) is 18.0 Å². The van der Waals surface area contributed by atoms with E-state index >= 15 is 0 Å². The Morgan fingerprint density at radius 3 is 2.68 bits per heavy atom. The van der Waals surface area contributed by atoms with Gasteiger partial charge in [0, 0.05) is 25.2 Å². The lowest BCUT2D eigenvalue weighted by Crippen LogP contribution is -2.29. The van der Waals surface area contributed by atoms with E-state index in [9.17, 15) is 10.1 Å². The Bertz CT molecular complexity index is 494. The summed E-state index contributed by atoms with van der Waals surface area (Å²) < 4.78 is 0. The SMILES string of the molecule is CC(C)CN(CCC#N)c1ccc([N+](=O)[O-])cc1N. The number of anilines is 2. The van der Waals surface area contributed by atoms with Crippen LogP contribution in [0.2, 0.25) is 0 Å². The highest BCUT2D eigenvalue weighted by Crippen LogP contribution is 2.28. The average Bonchev–Trinajstić information content (AvgIpc) is 2.34. The standard InChI is InChI=1S/C13H18N4O2/c1-10(2)9-16(7-3-6-14)13-5-4-11(17(18)19)8-12(13)15/h4-5,8,10H,3,7,9,15H2,1-2H3. The maximum Gasteiger partial charge on any atom is 0.271 e. The normalized spacial score (nSPS) is 10.2. The Labute approximate surface area is 112 Å². The van der Waals surface area contributed by atoms with Crippen molar-refractivity contribution in [2.75, 3.05) is 23.7 Å². The van der Waals surface area contributed by atoms with Gasteiger partial charge in [0.25, 0.3) is 5.69 Å². The Hall–Kier alpha value is -2.29. The van der Waals surface area contributed by atoms with Crippen LogP contribution in [0, 0.1) is 27.4 Å². The highest BCUT2D eigenvalue weighted by molar-refractivity contribution is 5.70. The third kappa shape index (κ3) is 4.14. The van der Waals surface area contributed by atoms with Crippen molar-refractivity contribution in [2.24, 2.45) is 5.92 Å². The summed E-state index contributed by atoms with van der Waals surface area (Å²) in [5, 5.41) is 19.4. The summed E-state index contributed by atoms with van der Waals surface area (Å²) in [6.07, 6.45) is 0.392. The molecule has 0 fully saturated rings. The van der Waals surface area contributed by atoms with Gasteiger partial charge in [0.15, 0.2) is 0 Å². The first kappa shape index (κ1) is 14.8. The van der Waals surface area contributed by atoms with Crippen LogP contribution in [0.1, 0.15) is 20.3 Å². The van der Waals surface area contributed by atoms with Gasteiger partial charge >= 0.3 is 0 Å². The molecule has 0 radical (unpaired) electrons. The van der Waals surface area contributed by atoms with Crippen LogP contribution >= 0.6 is 0 Å². The molecule has 0 heterocycles. The fourth-order valence-electron chi connectivity index (χ4n) is 1.88. The molecule has 0 aliphatic carbocycles. The lowest BCUT2D eigenvalue weighted by atomic mass is 10.1. The minimum atomic E-state index is -0.470. The highest BCUT2D eigenvalue weighted by Gasteiger charge is 2.14. The van der Waals surface area contributed by atoms with Crippen LogP contribution in [0.15, 0.2) is 18.2 Å². The van der Waals surface area contributed by atoms with Gasteiger partial charge < -0.3 is 10.6 Å². The molecule has 0 unspecified atom stereocenters. The quantitative estimate of drug-likeness (QED) is 0.482. The predicted molar refractivity (Wildman–Crippen MR) is 74.8 cm³/mol. The summed E-state index contributed by atoms with van der Waals surface area (Å²) in [6, 6.07) is 6.54. The van der Waals surface area contributed by atoms with E-state index in [1.807, 2.05) is 4.90 Å². The molecular weight excluding hydrogens is 244 g/mol. The molecule has 1 aromatic rings. The van der Waals surface area contributed by atoms with Gasteiger partial charge in [-0.15, -0.1) is 0 Å². The third-order valence-electron chi connectivity index (χ3n) is 2.64. The second kappa shape index (κ2) is 6.59. The minimum absolute atomic E-state index is 0.0222. The fraction of sp³-hybridized carbons (Fsp3) is 0.462. The van der Waals surface area contributed by atoms with Crippen molar-refractivity contribution < 1.29 is 4.92 Å². The largest absolute Gasteiger partial charge is 0.397 e. The summed E-state index contributed by atoms with van der Waals surface area (Å²) >= 11 is 0. The average molecular weight is 262 g/mol. The Morgan fingerprint density at radius 2 is 2.21 bits per heavy atom. The molecule has 0 aromatic heterocycles. The smallest absolute Gasteiger partial charge is 0.271 e. The van der Waals surface area contributed by atoms with Gasteiger partial charge in [0.1, 0.15) is 0 Å². The number of nitro groups is 1. The zero-order valence-corrected chi connectivity index (χ0v) is 11.2. The molecule has 1 aromatic carbocycles. The van der Waals surface area contributed by atoms with Crippen LogP contribution in [0.4, 0.5) is 17.1 Å². The van der Waals surface area contributed by atoms with Crippen LogP contribution in [-0.2, 0) is 0 Å². The number of nitrogens with zero attached hydrogens (tertiary/aromatic N) is 3. The number of hydrogen-bond donors (Lipinski definition) is 1. The van der Waals surface area contributed by atoms with Gasteiger partial charge in [0.2, 0.25) is 0 Å². The number of hydrogen-bond acceptors (Lipinski definition) is 5. The molecule has 6 nitrogen and oxygen atoms in total. The number of rotatable bonds is 6. The van der Waals surface area contributed by atoms with Crippen molar-refractivity contribution in [1.82, 2.24) is 0 Å². The minimum Gasteiger partial charge on any atom is -0.397 e. The molecule has 0 atom stereocenters. The molecule has 19 heavy (non-hydrogen) atoms. The summed E-state index contributed by atoms with van der Waals surface area (Å²) in [5.74, 6) is 0.410. The second-order valence-corrected chi connectivity index (χ2v) is 4.75. The number of nitrogens with two attached hydrogens (primary N) is 1. The van der Waals surface area contributed by atoms with Crippen molar-refractivity contribution in [2.45, 2.75) is 20.3 Å². The third-order valence-corrected chi connectivity index (χ3v) is 2.64. The van der Waals surface area contributed by atoms with E-state index in [1.54, 1.807) is 6.07 Å². The van der Waals surface area contributed by atoms with Gasteiger partial charge in [-0.1, -0.05) is 13.8 Å². The molecule has 102 valence electrons. The number of nitriles is 1.